The second kappa shape index (κ2) is 8.22. The highest BCUT2D eigenvalue weighted by Gasteiger charge is 2.45. The first-order chi connectivity index (χ1) is 18.3. The van der Waals surface area contributed by atoms with Crippen LogP contribution in [0.1, 0.15) is 0 Å². The monoisotopic (exact) mass is 488 g/mol. The highest BCUT2D eigenvalue weighted by atomic mass is 15.5. The predicted molar refractivity (Wildman–Crippen MR) is 138 cm³/mol. The van der Waals surface area contributed by atoms with E-state index in [9.17, 15) is 0 Å². The third kappa shape index (κ3) is 2.92. The highest BCUT2D eigenvalue weighted by molar-refractivity contribution is 6.83. The molecule has 0 aliphatic heterocycles. The molecular formula is C23H22B2N12-2. The molecule has 37 heavy (non-hydrogen) atoms. The molecule has 1 unspecified atom stereocenters. The molecule has 182 valence electrons. The number of rotatable bonds is 8. The zero-order valence-electron chi connectivity index (χ0n) is 19.7. The summed E-state index contributed by atoms with van der Waals surface area (Å²) in [5.74, 6) is -0.183. The lowest BCUT2D eigenvalue weighted by Gasteiger charge is -2.46. The summed E-state index contributed by atoms with van der Waals surface area (Å²) in [5.41, 5.74) is 0.985. The molecule has 0 amide bonds. The number of nitrogens with zero attached hydrogens (tertiary/aromatic N) is 12. The molecular weight excluding hydrogens is 466 g/mol. The van der Waals surface area contributed by atoms with Crippen molar-refractivity contribution in [3.8, 4) is 0 Å². The molecule has 0 saturated carbocycles. The molecule has 6 aromatic heterocycles. The smallest absolute Gasteiger partial charge is 0.368 e. The summed E-state index contributed by atoms with van der Waals surface area (Å²) in [7, 11) is 0. The van der Waals surface area contributed by atoms with Crippen molar-refractivity contribution in [2.75, 3.05) is 0 Å². The van der Waals surface area contributed by atoms with Crippen LogP contribution in [0.4, 0.5) is 0 Å². The molecule has 0 fully saturated rings. The van der Waals surface area contributed by atoms with Crippen LogP contribution in [0.15, 0.2) is 134 Å². The van der Waals surface area contributed by atoms with Gasteiger partial charge >= 0.3 is 13.1 Å². The van der Waals surface area contributed by atoms with Gasteiger partial charge in [-0.1, -0.05) is 11.9 Å². The SMILES string of the molecule is C1=CC([B-](n2cccn2)(n2cccn2)n2cccn2)C=C1[B-](n1cccn1)(n1cccn1)n1cccn1. The van der Waals surface area contributed by atoms with E-state index in [-0.39, 0.29) is 5.82 Å². The van der Waals surface area contributed by atoms with Gasteiger partial charge in [0.1, 0.15) is 0 Å². The van der Waals surface area contributed by atoms with E-state index < -0.39 is 13.1 Å². The van der Waals surface area contributed by atoms with E-state index >= 15 is 0 Å². The topological polar surface area (TPSA) is 107 Å². The standard InChI is InChI=1S/C23H22B2N12/c1-9-26-32(15-1)24(33-16-2-10-27-33,34-17-3-11-28-34)22-7-8-23(21-22)25(35-18-4-12-29-35,36-19-5-13-30-36)37-20-6-14-31-37/h1-22H/q-2. The Morgan fingerprint density at radius 2 is 0.838 bits per heavy atom. The van der Waals surface area contributed by atoms with Crippen LogP contribution in [-0.2, 0) is 0 Å². The van der Waals surface area contributed by atoms with Crippen molar-refractivity contribution in [1.82, 2.24) is 58.1 Å². The van der Waals surface area contributed by atoms with Gasteiger partial charge in [0.25, 0.3) is 0 Å². The predicted octanol–water partition coefficient (Wildman–Crippen LogP) is 1.74. The summed E-state index contributed by atoms with van der Waals surface area (Å²) in [4.78, 5) is 0. The maximum Gasteiger partial charge on any atom is 0.368 e. The third-order valence-corrected chi connectivity index (χ3v) is 7.28. The lowest BCUT2D eigenvalue weighted by atomic mass is 9.47. The Hall–Kier alpha value is -5.13. The van der Waals surface area contributed by atoms with Crippen LogP contribution >= 0.6 is 0 Å². The van der Waals surface area contributed by atoms with Crippen LogP contribution in [-0.4, -0.2) is 71.3 Å². The minimum atomic E-state index is -1.96. The van der Waals surface area contributed by atoms with Gasteiger partial charge in [0.2, 0.25) is 0 Å². The second-order valence-electron chi connectivity index (χ2n) is 9.05. The van der Waals surface area contributed by atoms with E-state index in [1.165, 1.54) is 0 Å². The van der Waals surface area contributed by atoms with Gasteiger partial charge in [-0.05, 0) is 73.6 Å². The van der Waals surface area contributed by atoms with E-state index in [0.29, 0.717) is 0 Å². The lowest BCUT2D eigenvalue weighted by molar-refractivity contribution is 0.705. The third-order valence-electron chi connectivity index (χ3n) is 7.28. The first-order valence-electron chi connectivity index (χ1n) is 12.0. The summed E-state index contributed by atoms with van der Waals surface area (Å²) in [6.07, 6.45) is 28.9. The second-order valence-corrected chi connectivity index (χ2v) is 9.05. The van der Waals surface area contributed by atoms with Crippen molar-refractivity contribution >= 4 is 13.1 Å². The van der Waals surface area contributed by atoms with Crippen LogP contribution in [0.25, 0.3) is 0 Å². The Labute approximate surface area is 211 Å². The Balaban J connectivity index is 1.50. The van der Waals surface area contributed by atoms with Gasteiger partial charge < -0.3 is 27.6 Å². The number of hydrogen-bond acceptors (Lipinski definition) is 6. The maximum absolute atomic E-state index is 4.69. The summed E-state index contributed by atoms with van der Waals surface area (Å²) in [6, 6.07) is 11.5. The summed E-state index contributed by atoms with van der Waals surface area (Å²) in [5, 5.41) is 28.1. The fourth-order valence-electron chi connectivity index (χ4n) is 5.80. The van der Waals surface area contributed by atoms with Crippen LogP contribution in [0.5, 0.6) is 0 Å². The molecule has 12 nitrogen and oxygen atoms in total. The van der Waals surface area contributed by atoms with Gasteiger partial charge in [0.05, 0.1) is 0 Å². The molecule has 0 saturated heterocycles. The average molecular weight is 488 g/mol. The molecule has 0 aromatic carbocycles. The Bertz CT molecular complexity index is 1440. The molecule has 0 bridgehead atoms. The minimum Gasteiger partial charge on any atom is -0.399 e. The quantitative estimate of drug-likeness (QED) is 0.302. The first kappa shape index (κ1) is 21.2. The van der Waals surface area contributed by atoms with Crippen LogP contribution < -0.4 is 0 Å². The maximum atomic E-state index is 4.69. The average Bonchev–Trinajstić information content (AvgIpc) is 3.81. The van der Waals surface area contributed by atoms with Crippen LogP contribution in [0, 0.1) is 0 Å². The van der Waals surface area contributed by atoms with Gasteiger partial charge in [-0.25, -0.2) is 30.6 Å². The van der Waals surface area contributed by atoms with Gasteiger partial charge in [-0.2, -0.15) is 0 Å². The van der Waals surface area contributed by atoms with E-state index in [0.717, 1.165) is 5.47 Å². The van der Waals surface area contributed by atoms with Crippen molar-refractivity contribution in [3.63, 3.8) is 0 Å². The lowest BCUT2D eigenvalue weighted by Crippen LogP contribution is -2.62. The van der Waals surface area contributed by atoms with E-state index in [1.54, 1.807) is 37.2 Å². The molecule has 6 aromatic rings. The molecule has 6 heterocycles. The largest absolute Gasteiger partial charge is 0.399 e. The molecule has 0 N–H and O–H groups in total. The fourth-order valence-corrected chi connectivity index (χ4v) is 5.80. The molecule has 7 rings (SSSR count). The highest BCUT2D eigenvalue weighted by Crippen LogP contribution is 2.37. The van der Waals surface area contributed by atoms with Crippen LogP contribution in [0.3, 0.4) is 0 Å². The summed E-state index contributed by atoms with van der Waals surface area (Å²) >= 11 is 0. The molecule has 0 radical (unpaired) electrons. The van der Waals surface area contributed by atoms with E-state index in [1.807, 2.05) is 101 Å². The van der Waals surface area contributed by atoms with Gasteiger partial charge in [0, 0.05) is 37.2 Å². The van der Waals surface area contributed by atoms with Gasteiger partial charge in [-0.3, -0.25) is 0 Å². The zero-order valence-corrected chi connectivity index (χ0v) is 19.7. The van der Waals surface area contributed by atoms with E-state index in [4.69, 9.17) is 15.3 Å². The van der Waals surface area contributed by atoms with Gasteiger partial charge in [0.15, 0.2) is 0 Å². The van der Waals surface area contributed by atoms with Crippen molar-refractivity contribution in [2.45, 2.75) is 5.82 Å². The van der Waals surface area contributed by atoms with Gasteiger partial charge in [-0.15, -0.1) is 17.6 Å². The Morgan fingerprint density at radius 1 is 0.486 bits per heavy atom. The number of hydrogen-bond donors (Lipinski definition) is 0. The molecule has 1 aliphatic carbocycles. The summed E-state index contributed by atoms with van der Waals surface area (Å²) < 4.78 is 11.6. The first-order valence-corrected chi connectivity index (χ1v) is 12.0. The summed E-state index contributed by atoms with van der Waals surface area (Å²) in [6.45, 7) is -3.85. The molecule has 1 aliphatic rings. The molecule has 0 spiro atoms. The Kier molecular flexibility index (Phi) is 4.71. The number of aromatic nitrogens is 12. The van der Waals surface area contributed by atoms with Crippen molar-refractivity contribution < 1.29 is 0 Å². The molecule has 14 heteroatoms. The van der Waals surface area contributed by atoms with Crippen molar-refractivity contribution in [2.24, 2.45) is 0 Å². The Morgan fingerprint density at radius 3 is 1.16 bits per heavy atom. The minimum absolute atomic E-state index is 0.183. The van der Waals surface area contributed by atoms with E-state index in [2.05, 4.69) is 33.5 Å². The van der Waals surface area contributed by atoms with Crippen molar-refractivity contribution in [1.29, 1.82) is 0 Å². The fraction of sp³-hybridized carbons (Fsp3) is 0.0435. The zero-order chi connectivity index (χ0) is 24.7. The number of allylic oxidation sites excluding steroid dienone is 4. The van der Waals surface area contributed by atoms with Crippen molar-refractivity contribution in [3.05, 3.63) is 134 Å². The van der Waals surface area contributed by atoms with Crippen LogP contribution in [0.2, 0.25) is 5.82 Å². The normalized spacial score (nSPS) is 15.9. The molecule has 1 atom stereocenters.